The van der Waals surface area contributed by atoms with Gasteiger partial charge in [-0.25, -0.2) is 9.48 Å². The van der Waals surface area contributed by atoms with Gasteiger partial charge in [0.2, 0.25) is 5.91 Å². The number of nitrogens with zero attached hydrogens (tertiary/aromatic N) is 2. The molecule has 8 heteroatoms. The Morgan fingerprint density at radius 1 is 1.23 bits per heavy atom. The van der Waals surface area contributed by atoms with Crippen molar-refractivity contribution in [2.45, 2.75) is 13.0 Å². The highest BCUT2D eigenvalue weighted by Gasteiger charge is 2.19. The number of aromatic nitrogens is 2. The van der Waals surface area contributed by atoms with Crippen LogP contribution in [0.15, 0.2) is 48.7 Å². The number of hydrogen-bond donors (Lipinski definition) is 4. The summed E-state index contributed by atoms with van der Waals surface area (Å²) in [6.07, 6.45) is 0.346. The summed E-state index contributed by atoms with van der Waals surface area (Å²) in [5.41, 5.74) is 3.26. The number of nitrogens with one attached hydrogen (secondary N) is 2. The number of carbonyl (C=O) groups is 2. The van der Waals surface area contributed by atoms with Crippen LogP contribution in [-0.2, 0) is 4.79 Å². The van der Waals surface area contributed by atoms with E-state index >= 15 is 0 Å². The summed E-state index contributed by atoms with van der Waals surface area (Å²) in [4.78, 5) is 22.8. The first-order chi connectivity index (χ1) is 12.5. The molecule has 1 aromatic heterocycles. The lowest BCUT2D eigenvalue weighted by molar-refractivity contribution is -0.118. The second-order valence-corrected chi connectivity index (χ2v) is 5.84. The molecule has 134 valence electrons. The van der Waals surface area contributed by atoms with Gasteiger partial charge in [-0.15, -0.1) is 0 Å². The number of fused-ring (bicyclic) bond motifs is 1. The Balaban J connectivity index is 1.90. The number of benzene rings is 2. The van der Waals surface area contributed by atoms with Gasteiger partial charge < -0.3 is 20.8 Å². The molecule has 0 saturated heterocycles. The van der Waals surface area contributed by atoms with Gasteiger partial charge in [-0.1, -0.05) is 12.1 Å². The lowest BCUT2D eigenvalue weighted by atomic mass is 10.2. The van der Waals surface area contributed by atoms with Gasteiger partial charge in [-0.2, -0.15) is 5.10 Å². The van der Waals surface area contributed by atoms with Crippen molar-refractivity contribution in [3.8, 4) is 5.69 Å². The molecular formula is C18H18N4O4. The van der Waals surface area contributed by atoms with Gasteiger partial charge in [-0.3, -0.25) is 4.79 Å². The van der Waals surface area contributed by atoms with Gasteiger partial charge in [-0.05, 0) is 42.8 Å². The molecule has 8 nitrogen and oxygen atoms in total. The third-order valence-electron chi connectivity index (χ3n) is 3.88. The van der Waals surface area contributed by atoms with Crippen LogP contribution >= 0.6 is 0 Å². The maximum atomic E-state index is 12.1. The Morgan fingerprint density at radius 2 is 2.04 bits per heavy atom. The summed E-state index contributed by atoms with van der Waals surface area (Å²) < 4.78 is 1.76. The minimum Gasteiger partial charge on any atom is -0.465 e. The summed E-state index contributed by atoms with van der Waals surface area (Å²) in [6, 6.07) is 11.9. The van der Waals surface area contributed by atoms with E-state index < -0.39 is 24.6 Å². The number of carboxylic acid groups (broad SMARTS) is 1. The molecule has 2 aromatic carbocycles. The first-order valence-electron chi connectivity index (χ1n) is 7.94. The Bertz CT molecular complexity index is 967. The van der Waals surface area contributed by atoms with Crippen LogP contribution in [0.5, 0.6) is 0 Å². The van der Waals surface area contributed by atoms with E-state index in [2.05, 4.69) is 10.4 Å². The van der Waals surface area contributed by atoms with Gasteiger partial charge in [0.05, 0.1) is 24.0 Å². The third kappa shape index (κ3) is 3.65. The Hall–Kier alpha value is -3.39. The van der Waals surface area contributed by atoms with E-state index in [1.54, 1.807) is 23.0 Å². The monoisotopic (exact) mass is 354 g/mol. The molecule has 0 aliphatic carbocycles. The molecule has 4 N–H and O–H groups in total. The Morgan fingerprint density at radius 3 is 2.73 bits per heavy atom. The number of amides is 2. The SMILES string of the molecule is Cc1cccc(-n2ncc3ccc(NC(=O)C(CO)NC(=O)O)cc32)c1. The molecule has 1 heterocycles. The van der Waals surface area contributed by atoms with Gasteiger partial charge in [0.1, 0.15) is 6.04 Å². The van der Waals surface area contributed by atoms with Crippen molar-refractivity contribution >= 4 is 28.6 Å². The smallest absolute Gasteiger partial charge is 0.405 e. The zero-order valence-electron chi connectivity index (χ0n) is 14.0. The molecule has 0 aliphatic rings. The number of rotatable bonds is 5. The van der Waals surface area contributed by atoms with Gasteiger partial charge >= 0.3 is 6.09 Å². The first-order valence-corrected chi connectivity index (χ1v) is 7.94. The van der Waals surface area contributed by atoms with E-state index in [4.69, 9.17) is 5.11 Å². The van der Waals surface area contributed by atoms with Crippen LogP contribution in [0.25, 0.3) is 16.6 Å². The summed E-state index contributed by atoms with van der Waals surface area (Å²) in [5.74, 6) is -0.643. The minimum atomic E-state index is -1.38. The fourth-order valence-corrected chi connectivity index (χ4v) is 2.63. The fraction of sp³-hybridized carbons (Fsp3) is 0.167. The van der Waals surface area contributed by atoms with Crippen LogP contribution in [0.3, 0.4) is 0 Å². The van der Waals surface area contributed by atoms with Crippen molar-refractivity contribution in [1.29, 1.82) is 0 Å². The van der Waals surface area contributed by atoms with Crippen LogP contribution in [0.1, 0.15) is 5.56 Å². The highest BCUT2D eigenvalue weighted by Crippen LogP contribution is 2.22. The average Bonchev–Trinajstić information content (AvgIpc) is 3.02. The highest BCUT2D eigenvalue weighted by atomic mass is 16.4. The van der Waals surface area contributed by atoms with Crippen LogP contribution in [0.2, 0.25) is 0 Å². The largest absolute Gasteiger partial charge is 0.465 e. The first kappa shape index (κ1) is 17.4. The normalized spacial score (nSPS) is 11.9. The van der Waals surface area contributed by atoms with E-state index in [9.17, 15) is 14.7 Å². The highest BCUT2D eigenvalue weighted by molar-refractivity contribution is 5.98. The van der Waals surface area contributed by atoms with Crippen molar-refractivity contribution < 1.29 is 19.8 Å². The molecule has 2 amide bonds. The second kappa shape index (κ2) is 7.24. The molecular weight excluding hydrogens is 336 g/mol. The molecule has 0 spiro atoms. The van der Waals surface area contributed by atoms with Crippen LogP contribution < -0.4 is 10.6 Å². The lowest BCUT2D eigenvalue weighted by Gasteiger charge is -2.14. The molecule has 1 atom stereocenters. The van der Waals surface area contributed by atoms with E-state index in [1.807, 2.05) is 42.6 Å². The van der Waals surface area contributed by atoms with Crippen molar-refractivity contribution in [1.82, 2.24) is 15.1 Å². The molecule has 0 aliphatic heterocycles. The van der Waals surface area contributed by atoms with Crippen LogP contribution in [0.4, 0.5) is 10.5 Å². The maximum Gasteiger partial charge on any atom is 0.405 e. The zero-order chi connectivity index (χ0) is 18.7. The van der Waals surface area contributed by atoms with Crippen molar-refractivity contribution in [3.63, 3.8) is 0 Å². The standard InChI is InChI=1S/C18H18N4O4/c1-11-3-2-4-14(7-11)22-16-8-13(6-5-12(16)9-19-22)20-17(24)15(10-23)21-18(25)26/h2-9,15,21,23H,10H2,1H3,(H,20,24)(H,25,26). The Labute approximate surface area is 149 Å². The summed E-state index contributed by atoms with van der Waals surface area (Å²) in [6.45, 7) is 1.35. The number of carbonyl (C=O) groups excluding carboxylic acids is 1. The van der Waals surface area contributed by atoms with E-state index in [1.165, 1.54) is 0 Å². The topological polar surface area (TPSA) is 116 Å². The quantitative estimate of drug-likeness (QED) is 0.558. The predicted molar refractivity (Wildman–Crippen MR) is 96.5 cm³/mol. The molecule has 1 unspecified atom stereocenters. The predicted octanol–water partition coefficient (Wildman–Crippen LogP) is 1.90. The molecule has 0 radical (unpaired) electrons. The number of hydrogen-bond acceptors (Lipinski definition) is 4. The molecule has 0 fully saturated rings. The third-order valence-corrected chi connectivity index (χ3v) is 3.88. The summed E-state index contributed by atoms with van der Waals surface area (Å²) in [5, 5.41) is 27.7. The van der Waals surface area contributed by atoms with E-state index in [-0.39, 0.29) is 0 Å². The number of aliphatic hydroxyl groups excluding tert-OH is 1. The molecule has 0 bridgehead atoms. The molecule has 3 aromatic rings. The van der Waals surface area contributed by atoms with E-state index in [0.29, 0.717) is 5.69 Å². The van der Waals surface area contributed by atoms with Gasteiger partial charge in [0.15, 0.2) is 0 Å². The van der Waals surface area contributed by atoms with Crippen molar-refractivity contribution in [2.24, 2.45) is 0 Å². The number of aryl methyl sites for hydroxylation is 1. The molecule has 0 saturated carbocycles. The van der Waals surface area contributed by atoms with Gasteiger partial charge in [0, 0.05) is 11.1 Å². The van der Waals surface area contributed by atoms with Crippen LogP contribution in [0, 0.1) is 6.92 Å². The average molecular weight is 354 g/mol. The Kier molecular flexibility index (Phi) is 4.85. The molecule has 26 heavy (non-hydrogen) atoms. The summed E-state index contributed by atoms with van der Waals surface area (Å²) >= 11 is 0. The van der Waals surface area contributed by atoms with Gasteiger partial charge in [0.25, 0.3) is 0 Å². The zero-order valence-corrected chi connectivity index (χ0v) is 14.0. The fourth-order valence-electron chi connectivity index (χ4n) is 2.63. The van der Waals surface area contributed by atoms with Crippen LogP contribution in [-0.4, -0.2) is 44.6 Å². The van der Waals surface area contributed by atoms with E-state index in [0.717, 1.165) is 22.2 Å². The maximum absolute atomic E-state index is 12.1. The molecule has 3 rings (SSSR count). The number of anilines is 1. The lowest BCUT2D eigenvalue weighted by Crippen LogP contribution is -2.45. The number of aliphatic hydroxyl groups is 1. The minimum absolute atomic E-state index is 0.475. The van der Waals surface area contributed by atoms with Crippen molar-refractivity contribution in [2.75, 3.05) is 11.9 Å². The second-order valence-electron chi connectivity index (χ2n) is 5.84. The van der Waals surface area contributed by atoms with Crippen molar-refractivity contribution in [3.05, 3.63) is 54.2 Å². The summed E-state index contributed by atoms with van der Waals surface area (Å²) in [7, 11) is 0.